The average molecular weight is 252 g/mol. The molecule has 2 nitrogen and oxygen atoms in total. The van der Waals surface area contributed by atoms with Gasteiger partial charge in [-0.05, 0) is 59.0 Å². The van der Waals surface area contributed by atoms with Crippen LogP contribution in [0.15, 0.2) is 0 Å². The van der Waals surface area contributed by atoms with Crippen molar-refractivity contribution < 1.29 is 0 Å². The molecule has 2 fully saturated rings. The van der Waals surface area contributed by atoms with Gasteiger partial charge in [-0.3, -0.25) is 0 Å². The first-order valence-electron chi connectivity index (χ1n) is 8.22. The Kier molecular flexibility index (Phi) is 5.97. The summed E-state index contributed by atoms with van der Waals surface area (Å²) in [6.45, 7) is 3.65. The van der Waals surface area contributed by atoms with E-state index in [9.17, 15) is 0 Å². The fourth-order valence-electron chi connectivity index (χ4n) is 3.22. The van der Waals surface area contributed by atoms with Gasteiger partial charge in [0.05, 0.1) is 0 Å². The highest BCUT2D eigenvalue weighted by molar-refractivity contribution is 4.81. The van der Waals surface area contributed by atoms with E-state index in [1.807, 2.05) is 0 Å². The van der Waals surface area contributed by atoms with Crippen LogP contribution in [-0.2, 0) is 0 Å². The van der Waals surface area contributed by atoms with Gasteiger partial charge in [0, 0.05) is 18.1 Å². The molecule has 0 aliphatic heterocycles. The van der Waals surface area contributed by atoms with Crippen molar-refractivity contribution in [2.45, 2.75) is 89.3 Å². The molecule has 2 aliphatic carbocycles. The third kappa shape index (κ3) is 4.89. The Hall–Kier alpha value is -0.0800. The van der Waals surface area contributed by atoms with Crippen molar-refractivity contribution in [1.29, 1.82) is 0 Å². The van der Waals surface area contributed by atoms with E-state index in [-0.39, 0.29) is 0 Å². The zero-order valence-corrected chi connectivity index (χ0v) is 12.5. The standard InChI is InChI=1S/C16H32N2/c1-14(8-7-13-17-15-11-12-15)18(2)16-9-5-3-4-6-10-16/h14-17H,3-13H2,1-2H3. The topological polar surface area (TPSA) is 15.3 Å². The molecule has 18 heavy (non-hydrogen) atoms. The summed E-state index contributed by atoms with van der Waals surface area (Å²) >= 11 is 0. The highest BCUT2D eigenvalue weighted by atomic mass is 15.2. The predicted octanol–water partition coefficient (Wildman–Crippen LogP) is 3.56. The monoisotopic (exact) mass is 252 g/mol. The maximum Gasteiger partial charge on any atom is 0.00950 e. The Balaban J connectivity index is 1.60. The third-order valence-corrected chi connectivity index (χ3v) is 4.90. The lowest BCUT2D eigenvalue weighted by molar-refractivity contribution is 0.158. The van der Waals surface area contributed by atoms with Crippen molar-refractivity contribution >= 4 is 0 Å². The quantitative estimate of drug-likeness (QED) is 0.550. The Labute approximate surface area is 114 Å². The molecule has 0 aromatic heterocycles. The summed E-state index contributed by atoms with van der Waals surface area (Å²) in [5, 5.41) is 3.62. The minimum absolute atomic E-state index is 0.758. The molecule has 2 rings (SSSR count). The van der Waals surface area contributed by atoms with Crippen LogP contribution >= 0.6 is 0 Å². The molecule has 0 saturated heterocycles. The molecule has 106 valence electrons. The first kappa shape index (κ1) is 14.3. The first-order valence-corrected chi connectivity index (χ1v) is 8.22. The highest BCUT2D eigenvalue weighted by Gasteiger charge is 2.22. The summed E-state index contributed by atoms with van der Waals surface area (Å²) in [6.07, 6.45) is 14.2. The van der Waals surface area contributed by atoms with Crippen LogP contribution < -0.4 is 5.32 Å². The minimum Gasteiger partial charge on any atom is -0.314 e. The molecular formula is C16H32N2. The normalized spacial score (nSPS) is 24.2. The van der Waals surface area contributed by atoms with Crippen molar-refractivity contribution in [2.24, 2.45) is 0 Å². The predicted molar refractivity (Wildman–Crippen MR) is 79.0 cm³/mol. The van der Waals surface area contributed by atoms with Gasteiger partial charge in [0.2, 0.25) is 0 Å². The van der Waals surface area contributed by atoms with Crippen LogP contribution in [-0.4, -0.2) is 36.6 Å². The van der Waals surface area contributed by atoms with Gasteiger partial charge in [0.1, 0.15) is 0 Å². The van der Waals surface area contributed by atoms with Crippen molar-refractivity contribution in [3.63, 3.8) is 0 Å². The lowest BCUT2D eigenvalue weighted by Crippen LogP contribution is -2.38. The molecule has 0 aromatic rings. The molecule has 0 radical (unpaired) electrons. The van der Waals surface area contributed by atoms with E-state index in [0.717, 1.165) is 18.1 Å². The Morgan fingerprint density at radius 3 is 2.33 bits per heavy atom. The highest BCUT2D eigenvalue weighted by Crippen LogP contribution is 2.23. The lowest BCUT2D eigenvalue weighted by atomic mass is 10.0. The Morgan fingerprint density at radius 1 is 1.06 bits per heavy atom. The molecule has 0 amide bonds. The zero-order chi connectivity index (χ0) is 12.8. The lowest BCUT2D eigenvalue weighted by Gasteiger charge is -2.32. The summed E-state index contributed by atoms with van der Waals surface area (Å²) in [5.41, 5.74) is 0. The van der Waals surface area contributed by atoms with Gasteiger partial charge in [0.15, 0.2) is 0 Å². The Bertz CT molecular complexity index is 217. The van der Waals surface area contributed by atoms with Gasteiger partial charge in [-0.25, -0.2) is 0 Å². The van der Waals surface area contributed by atoms with E-state index in [0.29, 0.717) is 0 Å². The molecule has 0 aromatic carbocycles. The van der Waals surface area contributed by atoms with Gasteiger partial charge >= 0.3 is 0 Å². The van der Waals surface area contributed by atoms with E-state index in [2.05, 4.69) is 24.2 Å². The summed E-state index contributed by atoms with van der Waals surface area (Å²) in [4.78, 5) is 2.67. The molecule has 0 spiro atoms. The maximum atomic E-state index is 3.62. The van der Waals surface area contributed by atoms with Crippen molar-refractivity contribution in [1.82, 2.24) is 10.2 Å². The zero-order valence-electron chi connectivity index (χ0n) is 12.5. The number of rotatable bonds is 7. The van der Waals surface area contributed by atoms with Crippen LogP contribution in [0.5, 0.6) is 0 Å². The summed E-state index contributed by atoms with van der Waals surface area (Å²) < 4.78 is 0. The van der Waals surface area contributed by atoms with Crippen LogP contribution in [0.4, 0.5) is 0 Å². The fraction of sp³-hybridized carbons (Fsp3) is 1.00. The SMILES string of the molecule is CC(CCCNC1CC1)N(C)C1CCCCCC1. The van der Waals surface area contributed by atoms with Gasteiger partial charge in [-0.2, -0.15) is 0 Å². The van der Waals surface area contributed by atoms with E-state index >= 15 is 0 Å². The summed E-state index contributed by atoms with van der Waals surface area (Å²) in [7, 11) is 2.36. The third-order valence-electron chi connectivity index (χ3n) is 4.90. The van der Waals surface area contributed by atoms with E-state index in [1.54, 1.807) is 0 Å². The molecule has 1 atom stereocenters. The molecule has 2 saturated carbocycles. The number of hydrogen-bond donors (Lipinski definition) is 1. The molecule has 1 N–H and O–H groups in total. The Morgan fingerprint density at radius 2 is 1.72 bits per heavy atom. The van der Waals surface area contributed by atoms with Crippen molar-refractivity contribution in [2.75, 3.05) is 13.6 Å². The van der Waals surface area contributed by atoms with Gasteiger partial charge in [0.25, 0.3) is 0 Å². The van der Waals surface area contributed by atoms with Crippen LogP contribution in [0.1, 0.15) is 71.1 Å². The van der Waals surface area contributed by atoms with Crippen LogP contribution in [0.2, 0.25) is 0 Å². The van der Waals surface area contributed by atoms with Crippen LogP contribution in [0, 0.1) is 0 Å². The number of nitrogens with zero attached hydrogens (tertiary/aromatic N) is 1. The molecule has 0 heterocycles. The molecule has 2 aliphatic rings. The summed E-state index contributed by atoms with van der Waals surface area (Å²) in [6, 6.07) is 2.49. The molecular weight excluding hydrogens is 220 g/mol. The maximum absolute atomic E-state index is 3.62. The van der Waals surface area contributed by atoms with E-state index < -0.39 is 0 Å². The average Bonchev–Trinajstić information content (AvgIpc) is 3.19. The van der Waals surface area contributed by atoms with Crippen LogP contribution in [0.3, 0.4) is 0 Å². The smallest absolute Gasteiger partial charge is 0.00950 e. The fourth-order valence-corrected chi connectivity index (χ4v) is 3.22. The van der Waals surface area contributed by atoms with Crippen molar-refractivity contribution in [3.8, 4) is 0 Å². The molecule has 1 unspecified atom stereocenters. The van der Waals surface area contributed by atoms with Gasteiger partial charge < -0.3 is 10.2 Å². The number of hydrogen-bond acceptors (Lipinski definition) is 2. The van der Waals surface area contributed by atoms with Gasteiger partial charge in [-0.1, -0.05) is 25.7 Å². The molecule has 0 bridgehead atoms. The number of nitrogens with one attached hydrogen (secondary N) is 1. The second-order valence-electron chi connectivity index (χ2n) is 6.53. The van der Waals surface area contributed by atoms with Crippen molar-refractivity contribution in [3.05, 3.63) is 0 Å². The largest absolute Gasteiger partial charge is 0.314 e. The molecule has 2 heteroatoms. The second kappa shape index (κ2) is 7.49. The van der Waals surface area contributed by atoms with Gasteiger partial charge in [-0.15, -0.1) is 0 Å². The van der Waals surface area contributed by atoms with Crippen LogP contribution in [0.25, 0.3) is 0 Å². The minimum atomic E-state index is 0.758. The van der Waals surface area contributed by atoms with E-state index in [4.69, 9.17) is 0 Å². The summed E-state index contributed by atoms with van der Waals surface area (Å²) in [5.74, 6) is 0. The van der Waals surface area contributed by atoms with E-state index in [1.165, 1.54) is 70.8 Å². The second-order valence-corrected chi connectivity index (χ2v) is 6.53. The first-order chi connectivity index (χ1) is 8.77.